The second kappa shape index (κ2) is 6.58. The minimum absolute atomic E-state index is 0.0425. The van der Waals surface area contributed by atoms with Crippen LogP contribution in [0.2, 0.25) is 0 Å². The van der Waals surface area contributed by atoms with E-state index in [1.54, 1.807) is 12.0 Å². The van der Waals surface area contributed by atoms with Gasteiger partial charge in [-0.1, -0.05) is 18.0 Å². The normalized spacial score (nSPS) is 18.9. The second-order valence-electron chi connectivity index (χ2n) is 4.65. The SMILES string of the molecule is CCN(CCOC)C(=O)C1(C(N)=NO)CCCC1. The number of rotatable bonds is 6. The van der Waals surface area contributed by atoms with Gasteiger partial charge in [0.2, 0.25) is 5.91 Å². The highest BCUT2D eigenvalue weighted by Crippen LogP contribution is 2.40. The van der Waals surface area contributed by atoms with E-state index in [0.29, 0.717) is 32.5 Å². The maximum Gasteiger partial charge on any atom is 0.236 e. The zero-order chi connectivity index (χ0) is 13.6. The molecular formula is C12H23N3O3. The molecule has 0 saturated heterocycles. The van der Waals surface area contributed by atoms with Gasteiger partial charge < -0.3 is 20.6 Å². The highest BCUT2D eigenvalue weighted by molar-refractivity contribution is 6.07. The van der Waals surface area contributed by atoms with Gasteiger partial charge in [-0.15, -0.1) is 0 Å². The third-order valence-corrected chi connectivity index (χ3v) is 3.70. The van der Waals surface area contributed by atoms with E-state index in [1.165, 1.54) is 0 Å². The van der Waals surface area contributed by atoms with Crippen molar-refractivity contribution in [2.45, 2.75) is 32.6 Å². The van der Waals surface area contributed by atoms with E-state index in [2.05, 4.69) is 5.16 Å². The summed E-state index contributed by atoms with van der Waals surface area (Å²) in [6.07, 6.45) is 3.18. The third kappa shape index (κ3) is 2.75. The summed E-state index contributed by atoms with van der Waals surface area (Å²) in [6, 6.07) is 0. The van der Waals surface area contributed by atoms with Crippen molar-refractivity contribution < 1.29 is 14.7 Å². The topological polar surface area (TPSA) is 88.2 Å². The molecule has 1 saturated carbocycles. The zero-order valence-electron chi connectivity index (χ0n) is 11.2. The molecule has 18 heavy (non-hydrogen) atoms. The summed E-state index contributed by atoms with van der Waals surface area (Å²) < 4.78 is 5.00. The molecule has 0 bridgehead atoms. The number of ether oxygens (including phenoxy) is 1. The average Bonchev–Trinajstić information content (AvgIpc) is 2.89. The van der Waals surface area contributed by atoms with Crippen molar-refractivity contribution in [3.05, 3.63) is 0 Å². The maximum absolute atomic E-state index is 12.6. The van der Waals surface area contributed by atoms with Gasteiger partial charge in [0.05, 0.1) is 6.61 Å². The van der Waals surface area contributed by atoms with Crippen molar-refractivity contribution in [3.8, 4) is 0 Å². The highest BCUT2D eigenvalue weighted by Gasteiger charge is 2.47. The number of amidine groups is 1. The van der Waals surface area contributed by atoms with Crippen molar-refractivity contribution in [3.63, 3.8) is 0 Å². The van der Waals surface area contributed by atoms with Gasteiger partial charge in [0.25, 0.3) is 0 Å². The summed E-state index contributed by atoms with van der Waals surface area (Å²) in [5.41, 5.74) is 4.95. The smallest absolute Gasteiger partial charge is 0.236 e. The first-order valence-electron chi connectivity index (χ1n) is 6.38. The molecule has 0 aliphatic heterocycles. The van der Waals surface area contributed by atoms with Gasteiger partial charge in [0.1, 0.15) is 5.41 Å². The van der Waals surface area contributed by atoms with Crippen LogP contribution in [0, 0.1) is 5.41 Å². The molecule has 6 heteroatoms. The predicted octanol–water partition coefficient (Wildman–Crippen LogP) is 0.788. The number of likely N-dealkylation sites (N-methyl/N-ethyl adjacent to an activating group) is 1. The van der Waals surface area contributed by atoms with Crippen molar-refractivity contribution in [2.24, 2.45) is 16.3 Å². The first kappa shape index (κ1) is 14.8. The summed E-state index contributed by atoms with van der Waals surface area (Å²) in [5, 5.41) is 12.0. The molecule has 1 rings (SSSR count). The molecule has 0 aromatic carbocycles. The van der Waals surface area contributed by atoms with Gasteiger partial charge in [0, 0.05) is 20.2 Å². The Morgan fingerprint density at radius 2 is 2.11 bits per heavy atom. The molecule has 0 atom stereocenters. The number of hydrogen-bond acceptors (Lipinski definition) is 4. The largest absolute Gasteiger partial charge is 0.409 e. The monoisotopic (exact) mass is 257 g/mol. The number of nitrogens with two attached hydrogens (primary N) is 1. The molecule has 0 unspecified atom stereocenters. The fourth-order valence-electron chi connectivity index (χ4n) is 2.56. The van der Waals surface area contributed by atoms with E-state index in [9.17, 15) is 4.79 Å². The first-order valence-corrected chi connectivity index (χ1v) is 6.38. The molecule has 0 heterocycles. The number of hydrogen-bond donors (Lipinski definition) is 2. The third-order valence-electron chi connectivity index (χ3n) is 3.70. The van der Waals surface area contributed by atoms with Gasteiger partial charge in [-0.2, -0.15) is 0 Å². The van der Waals surface area contributed by atoms with Gasteiger partial charge in [-0.25, -0.2) is 0 Å². The molecule has 6 nitrogen and oxygen atoms in total. The molecule has 1 aliphatic rings. The summed E-state index contributed by atoms with van der Waals surface area (Å²) in [5.74, 6) is -0.00397. The van der Waals surface area contributed by atoms with Crippen LogP contribution in [-0.4, -0.2) is 48.7 Å². The predicted molar refractivity (Wildman–Crippen MR) is 68.4 cm³/mol. The molecule has 0 aromatic rings. The van der Waals surface area contributed by atoms with E-state index < -0.39 is 5.41 Å². The van der Waals surface area contributed by atoms with Crippen LogP contribution >= 0.6 is 0 Å². The maximum atomic E-state index is 12.6. The fraction of sp³-hybridized carbons (Fsp3) is 0.833. The molecule has 104 valence electrons. The lowest BCUT2D eigenvalue weighted by molar-refractivity contribution is -0.138. The van der Waals surface area contributed by atoms with Crippen LogP contribution in [0.1, 0.15) is 32.6 Å². The Bertz CT molecular complexity index is 312. The first-order chi connectivity index (χ1) is 8.62. The van der Waals surface area contributed by atoms with Crippen LogP contribution in [0.3, 0.4) is 0 Å². The van der Waals surface area contributed by atoms with E-state index in [-0.39, 0.29) is 11.7 Å². The quantitative estimate of drug-likeness (QED) is 0.319. The van der Waals surface area contributed by atoms with E-state index in [0.717, 1.165) is 12.8 Å². The number of carbonyl (C=O) groups is 1. The molecule has 1 amide bonds. The Hall–Kier alpha value is -1.30. The number of nitrogens with zero attached hydrogens (tertiary/aromatic N) is 2. The number of amides is 1. The summed E-state index contributed by atoms with van der Waals surface area (Å²) >= 11 is 0. The lowest BCUT2D eigenvalue weighted by atomic mass is 9.83. The Kier molecular flexibility index (Phi) is 5.40. The fourth-order valence-corrected chi connectivity index (χ4v) is 2.56. The van der Waals surface area contributed by atoms with Gasteiger partial charge >= 0.3 is 0 Å². The number of oxime groups is 1. The number of methoxy groups -OCH3 is 1. The lowest BCUT2D eigenvalue weighted by Gasteiger charge is -2.32. The van der Waals surface area contributed by atoms with Crippen LogP contribution in [-0.2, 0) is 9.53 Å². The van der Waals surface area contributed by atoms with Crippen LogP contribution < -0.4 is 5.73 Å². The van der Waals surface area contributed by atoms with Crippen molar-refractivity contribution in [1.82, 2.24) is 4.90 Å². The average molecular weight is 257 g/mol. The molecule has 3 N–H and O–H groups in total. The molecule has 1 aliphatic carbocycles. The van der Waals surface area contributed by atoms with Gasteiger partial charge in [0.15, 0.2) is 5.84 Å². The summed E-state index contributed by atoms with van der Waals surface area (Å²) in [7, 11) is 1.60. The standard InChI is InChI=1S/C12H23N3O3/c1-3-15(8-9-18-2)11(16)12(10(13)14-17)6-4-5-7-12/h17H,3-9H2,1-2H3,(H2,13,14). The van der Waals surface area contributed by atoms with Gasteiger partial charge in [-0.05, 0) is 19.8 Å². The summed E-state index contributed by atoms with van der Waals surface area (Å²) in [6.45, 7) is 3.54. The van der Waals surface area contributed by atoms with E-state index in [4.69, 9.17) is 15.7 Å². The summed E-state index contributed by atoms with van der Waals surface area (Å²) in [4.78, 5) is 14.3. The highest BCUT2D eigenvalue weighted by atomic mass is 16.5. The zero-order valence-corrected chi connectivity index (χ0v) is 11.2. The molecule has 0 spiro atoms. The van der Waals surface area contributed by atoms with Crippen LogP contribution in [0.15, 0.2) is 5.16 Å². The van der Waals surface area contributed by atoms with Gasteiger partial charge in [-0.3, -0.25) is 4.79 Å². The van der Waals surface area contributed by atoms with Crippen LogP contribution in [0.5, 0.6) is 0 Å². The Morgan fingerprint density at radius 1 is 1.50 bits per heavy atom. The Morgan fingerprint density at radius 3 is 2.56 bits per heavy atom. The second-order valence-corrected chi connectivity index (χ2v) is 4.65. The number of carbonyl (C=O) groups excluding carboxylic acids is 1. The van der Waals surface area contributed by atoms with E-state index >= 15 is 0 Å². The van der Waals surface area contributed by atoms with Crippen LogP contribution in [0.25, 0.3) is 0 Å². The van der Waals surface area contributed by atoms with Crippen molar-refractivity contribution in [2.75, 3.05) is 26.8 Å². The minimum Gasteiger partial charge on any atom is -0.409 e. The van der Waals surface area contributed by atoms with Crippen molar-refractivity contribution in [1.29, 1.82) is 0 Å². The Labute approximate surface area is 108 Å². The van der Waals surface area contributed by atoms with Crippen molar-refractivity contribution >= 4 is 11.7 Å². The molecule has 0 radical (unpaired) electrons. The molecule has 1 fully saturated rings. The van der Waals surface area contributed by atoms with E-state index in [1.807, 2.05) is 6.92 Å². The van der Waals surface area contributed by atoms with Crippen LogP contribution in [0.4, 0.5) is 0 Å². The molecular weight excluding hydrogens is 234 g/mol. The Balaban J connectivity index is 2.88. The minimum atomic E-state index is -0.807. The lowest BCUT2D eigenvalue weighted by Crippen LogP contribution is -2.50. The molecule has 0 aromatic heterocycles.